The number of rotatable bonds is 6. The Labute approximate surface area is 236 Å². The number of nitrogens with zero attached hydrogens (tertiary/aromatic N) is 4. The van der Waals surface area contributed by atoms with Crippen LogP contribution < -0.4 is 10.5 Å². The molecular weight excluding hydrogens is 523 g/mol. The van der Waals surface area contributed by atoms with Crippen LogP contribution >= 0.6 is 11.3 Å². The molecule has 4 aromatic rings. The van der Waals surface area contributed by atoms with Crippen molar-refractivity contribution in [1.82, 2.24) is 19.5 Å². The second kappa shape index (κ2) is 10.5. The molecule has 39 heavy (non-hydrogen) atoms. The number of hydrogen-bond acceptors (Lipinski definition) is 6. The molecule has 1 saturated carbocycles. The molecule has 1 unspecified atom stereocenters. The van der Waals surface area contributed by atoms with Gasteiger partial charge in [-0.3, -0.25) is 4.79 Å². The van der Waals surface area contributed by atoms with Gasteiger partial charge in [0.2, 0.25) is 9.04 Å². The van der Waals surface area contributed by atoms with Crippen LogP contribution in [0.4, 0.5) is 5.00 Å². The SMILES string of the molecule is C[Si](C)OC([C@H]1CCCN1c1sc(-c2ccc3c(c2)ncn3C2CCCCC2)c2nc[nH]c(=O)c12)C(C)(C)C. The van der Waals surface area contributed by atoms with Crippen molar-refractivity contribution in [3.8, 4) is 10.4 Å². The summed E-state index contributed by atoms with van der Waals surface area (Å²) in [7, 11) is -0.884. The monoisotopic (exact) mass is 562 g/mol. The first kappa shape index (κ1) is 26.7. The number of fused-ring (bicyclic) bond motifs is 2. The molecule has 1 N–H and O–H groups in total. The van der Waals surface area contributed by atoms with Gasteiger partial charge >= 0.3 is 0 Å². The van der Waals surface area contributed by atoms with Crippen LogP contribution in [0.5, 0.6) is 0 Å². The standard InChI is InChI=1S/C30H40N5O2SSi/c1-30(2,3)27(37-39(4)5)23-12-9-15-34(23)29-24-25(31-17-32-28(24)36)26(38-29)19-13-14-22-21(16-19)33-18-35(22)20-10-7-6-8-11-20/h13-14,16-18,20,23,27H,6-12,15H2,1-5H3,(H,31,32,36)/t23-,27?/m1/s1. The van der Waals surface area contributed by atoms with Crippen LogP contribution in [0.1, 0.15) is 71.8 Å². The quantitative estimate of drug-likeness (QED) is 0.252. The minimum absolute atomic E-state index is 0.00203. The molecule has 1 saturated heterocycles. The smallest absolute Gasteiger partial charge is 0.261 e. The van der Waals surface area contributed by atoms with E-state index in [2.05, 4.69) is 66.5 Å². The van der Waals surface area contributed by atoms with E-state index in [0.717, 1.165) is 45.9 Å². The van der Waals surface area contributed by atoms with E-state index in [4.69, 9.17) is 14.4 Å². The molecule has 1 aliphatic heterocycles. The van der Waals surface area contributed by atoms with E-state index in [1.807, 2.05) is 6.33 Å². The summed E-state index contributed by atoms with van der Waals surface area (Å²) < 4.78 is 9.01. The van der Waals surface area contributed by atoms with Gasteiger partial charge in [-0.2, -0.15) is 0 Å². The Balaban J connectivity index is 1.43. The molecule has 0 bridgehead atoms. The van der Waals surface area contributed by atoms with Crippen LogP contribution in [0.3, 0.4) is 0 Å². The zero-order valence-electron chi connectivity index (χ0n) is 23.8. The Hall–Kier alpha value is -2.49. The Morgan fingerprint density at radius 3 is 2.64 bits per heavy atom. The van der Waals surface area contributed by atoms with Gasteiger partial charge in [-0.25, -0.2) is 9.97 Å². The Morgan fingerprint density at radius 2 is 1.90 bits per heavy atom. The molecule has 7 nitrogen and oxygen atoms in total. The van der Waals surface area contributed by atoms with Gasteiger partial charge in [0.1, 0.15) is 10.4 Å². The van der Waals surface area contributed by atoms with E-state index in [9.17, 15) is 4.79 Å². The first-order valence-corrected chi connectivity index (χ1v) is 17.7. The minimum atomic E-state index is -0.884. The lowest BCUT2D eigenvalue weighted by atomic mass is 9.84. The first-order valence-electron chi connectivity index (χ1n) is 14.4. The third kappa shape index (κ3) is 4.98. The molecule has 4 heterocycles. The second-order valence-corrected chi connectivity index (χ2v) is 15.6. The number of aromatic amines is 1. The summed E-state index contributed by atoms with van der Waals surface area (Å²) in [6, 6.07) is 7.35. The molecule has 0 spiro atoms. The van der Waals surface area contributed by atoms with Crippen molar-refractivity contribution in [3.63, 3.8) is 0 Å². The van der Waals surface area contributed by atoms with Crippen molar-refractivity contribution in [2.24, 2.45) is 5.41 Å². The number of hydrogen-bond donors (Lipinski definition) is 1. The van der Waals surface area contributed by atoms with Crippen molar-refractivity contribution in [2.45, 2.75) is 97.0 Å². The lowest BCUT2D eigenvalue weighted by Crippen LogP contribution is -2.49. The van der Waals surface area contributed by atoms with Crippen LogP contribution in [-0.4, -0.2) is 47.2 Å². The van der Waals surface area contributed by atoms with Gasteiger partial charge in [0.25, 0.3) is 5.56 Å². The van der Waals surface area contributed by atoms with E-state index >= 15 is 0 Å². The van der Waals surface area contributed by atoms with Gasteiger partial charge in [0.05, 0.1) is 46.2 Å². The molecule has 2 atom stereocenters. The van der Waals surface area contributed by atoms with Crippen LogP contribution in [0, 0.1) is 5.41 Å². The summed E-state index contributed by atoms with van der Waals surface area (Å²) in [4.78, 5) is 29.1. The fourth-order valence-corrected chi connectivity index (χ4v) is 8.98. The van der Waals surface area contributed by atoms with Crippen LogP contribution in [0.25, 0.3) is 32.4 Å². The Bertz CT molecular complexity index is 1530. The fraction of sp³-hybridized carbons (Fsp3) is 0.567. The number of anilines is 1. The van der Waals surface area contributed by atoms with Gasteiger partial charge in [-0.1, -0.05) is 46.1 Å². The average molecular weight is 563 g/mol. The van der Waals surface area contributed by atoms with E-state index in [0.29, 0.717) is 11.4 Å². The van der Waals surface area contributed by atoms with Crippen LogP contribution in [0.15, 0.2) is 35.6 Å². The van der Waals surface area contributed by atoms with Crippen molar-refractivity contribution in [2.75, 3.05) is 11.4 Å². The molecule has 2 aliphatic rings. The van der Waals surface area contributed by atoms with E-state index in [1.54, 1.807) is 11.3 Å². The van der Waals surface area contributed by atoms with Gasteiger partial charge in [0.15, 0.2) is 0 Å². The molecule has 2 fully saturated rings. The third-order valence-electron chi connectivity index (χ3n) is 8.41. The topological polar surface area (TPSA) is 76.0 Å². The summed E-state index contributed by atoms with van der Waals surface area (Å²) in [6.07, 6.45) is 12.2. The number of thiophene rings is 1. The minimum Gasteiger partial charge on any atom is -0.412 e. The largest absolute Gasteiger partial charge is 0.412 e. The normalized spacial score (nSPS) is 20.1. The maximum absolute atomic E-state index is 13.3. The highest BCUT2D eigenvalue weighted by Crippen LogP contribution is 2.46. The molecule has 3 aromatic heterocycles. The predicted octanol–water partition coefficient (Wildman–Crippen LogP) is 7.16. The summed E-state index contributed by atoms with van der Waals surface area (Å²) in [5, 5.41) is 1.71. The van der Waals surface area contributed by atoms with Crippen LogP contribution in [-0.2, 0) is 4.43 Å². The highest BCUT2D eigenvalue weighted by atomic mass is 32.1. The van der Waals surface area contributed by atoms with E-state index < -0.39 is 9.04 Å². The molecule has 1 radical (unpaired) electrons. The molecule has 1 aromatic carbocycles. The number of aromatic nitrogens is 4. The van der Waals surface area contributed by atoms with Crippen molar-refractivity contribution >= 4 is 47.3 Å². The lowest BCUT2D eigenvalue weighted by Gasteiger charge is -2.41. The zero-order valence-corrected chi connectivity index (χ0v) is 25.6. The highest BCUT2D eigenvalue weighted by molar-refractivity contribution is 7.21. The highest BCUT2D eigenvalue weighted by Gasteiger charge is 2.41. The lowest BCUT2D eigenvalue weighted by molar-refractivity contribution is 0.0639. The fourth-order valence-electron chi connectivity index (χ4n) is 6.63. The number of benzene rings is 1. The number of H-pyrrole nitrogens is 1. The van der Waals surface area contributed by atoms with Gasteiger partial charge in [-0.15, -0.1) is 11.3 Å². The molecule has 1 aliphatic carbocycles. The molecule has 207 valence electrons. The molecule has 9 heteroatoms. The van der Waals surface area contributed by atoms with Crippen molar-refractivity contribution in [3.05, 3.63) is 41.2 Å². The van der Waals surface area contributed by atoms with E-state index in [1.165, 1.54) is 43.9 Å². The maximum Gasteiger partial charge on any atom is 0.261 e. The average Bonchev–Trinajstić information content (AvgIpc) is 3.63. The zero-order chi connectivity index (χ0) is 27.3. The summed E-state index contributed by atoms with van der Waals surface area (Å²) in [5.41, 5.74) is 3.97. The number of nitrogens with one attached hydrogen (secondary N) is 1. The number of imidazole rings is 1. The molecule has 0 amide bonds. The van der Waals surface area contributed by atoms with Gasteiger partial charge in [-0.05, 0) is 61.9 Å². The Morgan fingerprint density at radius 1 is 1.10 bits per heavy atom. The predicted molar refractivity (Wildman–Crippen MR) is 163 cm³/mol. The molecule has 6 rings (SSSR count). The van der Waals surface area contributed by atoms with E-state index in [-0.39, 0.29) is 23.1 Å². The van der Waals surface area contributed by atoms with Crippen molar-refractivity contribution in [1.29, 1.82) is 0 Å². The summed E-state index contributed by atoms with van der Waals surface area (Å²) >= 11 is 1.69. The second-order valence-electron chi connectivity index (χ2n) is 12.6. The van der Waals surface area contributed by atoms with Gasteiger partial charge < -0.3 is 18.9 Å². The van der Waals surface area contributed by atoms with Gasteiger partial charge in [0, 0.05) is 12.6 Å². The van der Waals surface area contributed by atoms with Crippen LogP contribution in [0.2, 0.25) is 13.1 Å². The third-order valence-corrected chi connectivity index (χ3v) is 10.4. The Kier molecular flexibility index (Phi) is 7.18. The first-order chi connectivity index (χ1) is 18.7. The maximum atomic E-state index is 13.3. The van der Waals surface area contributed by atoms with Crippen molar-refractivity contribution < 1.29 is 4.43 Å². The summed E-state index contributed by atoms with van der Waals surface area (Å²) in [6.45, 7) is 12.2. The molecular formula is C30H40N5O2SSi. The summed E-state index contributed by atoms with van der Waals surface area (Å²) in [5.74, 6) is 0.